The molecule has 0 atom stereocenters. The summed E-state index contributed by atoms with van der Waals surface area (Å²) in [5.41, 5.74) is 13.0. The van der Waals surface area contributed by atoms with E-state index < -0.39 is 0 Å². The zero-order valence-electron chi connectivity index (χ0n) is 31.7. The Labute approximate surface area is 342 Å². The molecule has 0 radical (unpaired) electrons. The van der Waals surface area contributed by atoms with Crippen LogP contribution in [0.1, 0.15) is 0 Å². The molecule has 0 saturated heterocycles. The van der Waals surface area contributed by atoms with Crippen LogP contribution in [0.2, 0.25) is 0 Å². The van der Waals surface area contributed by atoms with Crippen LogP contribution in [-0.4, -0.2) is 0 Å². The zero-order chi connectivity index (χ0) is 38.4. The van der Waals surface area contributed by atoms with E-state index in [1.165, 1.54) is 86.2 Å². The van der Waals surface area contributed by atoms with Crippen molar-refractivity contribution in [3.63, 3.8) is 0 Å². The monoisotopic (exact) mass is 755 g/mol. The first-order valence-electron chi connectivity index (χ1n) is 19.8. The lowest BCUT2D eigenvalue weighted by Crippen LogP contribution is -2.10. The number of hydrogen-bond acceptors (Lipinski definition) is 2. The molecule has 10 aromatic carbocycles. The number of hydrogen-bond donors (Lipinski definition) is 0. The van der Waals surface area contributed by atoms with Gasteiger partial charge in [-0.05, 0) is 115 Å². The maximum absolute atomic E-state index is 2.43. The minimum atomic E-state index is 1.10. The highest BCUT2D eigenvalue weighted by atomic mass is 32.1. The minimum absolute atomic E-state index is 1.10. The molecule has 272 valence electrons. The molecule has 0 aliphatic rings. The van der Waals surface area contributed by atoms with Gasteiger partial charge >= 0.3 is 0 Å². The van der Waals surface area contributed by atoms with E-state index in [2.05, 4.69) is 229 Å². The van der Waals surface area contributed by atoms with Crippen molar-refractivity contribution in [1.29, 1.82) is 0 Å². The molecule has 0 spiro atoms. The lowest BCUT2D eigenvalue weighted by Gasteiger charge is -2.28. The smallest absolute Gasteiger partial charge is 0.0546 e. The summed E-state index contributed by atoms with van der Waals surface area (Å²) in [7, 11) is 0. The van der Waals surface area contributed by atoms with E-state index in [-0.39, 0.29) is 0 Å². The van der Waals surface area contributed by atoms with Crippen molar-refractivity contribution in [2.75, 3.05) is 4.90 Å². The minimum Gasteiger partial charge on any atom is -0.310 e. The summed E-state index contributed by atoms with van der Waals surface area (Å²) < 4.78 is 2.65. The van der Waals surface area contributed by atoms with Crippen LogP contribution in [0.25, 0.3) is 86.2 Å². The molecule has 58 heavy (non-hydrogen) atoms. The molecule has 0 unspecified atom stereocenters. The van der Waals surface area contributed by atoms with Crippen LogP contribution in [0.3, 0.4) is 0 Å². The lowest BCUT2D eigenvalue weighted by atomic mass is 9.93. The maximum atomic E-state index is 2.43. The van der Waals surface area contributed by atoms with Crippen molar-refractivity contribution in [2.45, 2.75) is 0 Å². The van der Waals surface area contributed by atoms with Gasteiger partial charge in [-0.15, -0.1) is 11.3 Å². The van der Waals surface area contributed by atoms with E-state index in [4.69, 9.17) is 0 Å². The van der Waals surface area contributed by atoms with Gasteiger partial charge in [0.1, 0.15) is 0 Å². The third kappa shape index (κ3) is 6.03. The molecule has 11 rings (SSSR count). The van der Waals surface area contributed by atoms with E-state index in [0.717, 1.165) is 17.1 Å². The fourth-order valence-electron chi connectivity index (χ4n) is 8.60. The van der Waals surface area contributed by atoms with Gasteiger partial charge in [0.05, 0.1) is 5.69 Å². The van der Waals surface area contributed by atoms with Crippen LogP contribution in [0.4, 0.5) is 17.1 Å². The molecule has 0 aliphatic carbocycles. The highest BCUT2D eigenvalue weighted by Gasteiger charge is 2.19. The van der Waals surface area contributed by atoms with Crippen LogP contribution < -0.4 is 4.90 Å². The summed E-state index contributed by atoms with van der Waals surface area (Å²) >= 11 is 1.88. The Morgan fingerprint density at radius 2 is 0.776 bits per heavy atom. The van der Waals surface area contributed by atoms with Gasteiger partial charge in [0.25, 0.3) is 0 Å². The van der Waals surface area contributed by atoms with E-state index in [9.17, 15) is 0 Å². The molecule has 0 N–H and O–H groups in total. The third-order valence-electron chi connectivity index (χ3n) is 11.4. The number of thiophene rings is 1. The first-order chi connectivity index (χ1) is 28.7. The topological polar surface area (TPSA) is 3.24 Å². The molecule has 0 saturated carbocycles. The summed E-state index contributed by atoms with van der Waals surface area (Å²) in [6.07, 6.45) is 0. The van der Waals surface area contributed by atoms with Crippen molar-refractivity contribution < 1.29 is 0 Å². The van der Waals surface area contributed by atoms with Crippen LogP contribution >= 0.6 is 11.3 Å². The predicted octanol–water partition coefficient (Wildman–Crippen LogP) is 16.5. The highest BCUT2D eigenvalue weighted by Crippen LogP contribution is 2.45. The average Bonchev–Trinajstić information content (AvgIpc) is 3.69. The number of rotatable bonds is 7. The van der Waals surface area contributed by atoms with Gasteiger partial charge in [-0.25, -0.2) is 0 Å². The number of benzene rings is 10. The van der Waals surface area contributed by atoms with Gasteiger partial charge in [0.15, 0.2) is 0 Å². The van der Waals surface area contributed by atoms with Gasteiger partial charge in [-0.1, -0.05) is 170 Å². The average molecular weight is 756 g/mol. The van der Waals surface area contributed by atoms with E-state index >= 15 is 0 Å². The number of fused-ring (bicyclic) bond motifs is 6. The van der Waals surface area contributed by atoms with Gasteiger partial charge in [-0.3, -0.25) is 0 Å². The van der Waals surface area contributed by atoms with Gasteiger partial charge in [-0.2, -0.15) is 0 Å². The van der Waals surface area contributed by atoms with Gasteiger partial charge in [0, 0.05) is 36.9 Å². The summed E-state index contributed by atoms with van der Waals surface area (Å²) in [6.45, 7) is 0. The molecule has 1 nitrogen and oxygen atoms in total. The molecule has 2 heteroatoms. The Morgan fingerprint density at radius 3 is 1.41 bits per heavy atom. The fourth-order valence-corrected chi connectivity index (χ4v) is 9.84. The van der Waals surface area contributed by atoms with Gasteiger partial charge in [0.2, 0.25) is 0 Å². The quantitative estimate of drug-likeness (QED) is 0.146. The summed E-state index contributed by atoms with van der Waals surface area (Å²) in [5, 5.41) is 7.58. The van der Waals surface area contributed by atoms with E-state index in [0.29, 0.717) is 0 Å². The van der Waals surface area contributed by atoms with Crippen molar-refractivity contribution in [2.24, 2.45) is 0 Å². The molecule has 0 amide bonds. The van der Waals surface area contributed by atoms with E-state index in [1.807, 2.05) is 11.3 Å². The lowest BCUT2D eigenvalue weighted by molar-refractivity contribution is 1.30. The van der Waals surface area contributed by atoms with Crippen LogP contribution in [0.5, 0.6) is 0 Å². The molecule has 1 heterocycles. The normalized spacial score (nSPS) is 11.4. The Kier molecular flexibility index (Phi) is 8.42. The Hall–Kier alpha value is -7.26. The fraction of sp³-hybridized carbons (Fsp3) is 0. The molecule has 0 bridgehead atoms. The Balaban J connectivity index is 1.05. The highest BCUT2D eigenvalue weighted by molar-refractivity contribution is 7.26. The van der Waals surface area contributed by atoms with E-state index in [1.54, 1.807) is 0 Å². The summed E-state index contributed by atoms with van der Waals surface area (Å²) in [6, 6.07) is 81.9. The SMILES string of the molecule is c1ccc(-c2cc(-c3ccccc3)cc(-c3ccc(N(c4ccc(-c5cccc6c5sc5ccccc56)cc4)c4cc5ccccc5c5ccccc45)cc3)c2)cc1. The third-order valence-corrected chi connectivity index (χ3v) is 12.7. The molecule has 1 aromatic heterocycles. The first kappa shape index (κ1) is 34.0. The number of anilines is 3. The standard InChI is InChI=1S/C56H37NS/c1-3-14-38(15-4-1)43-34-44(39-16-5-2-6-17-39)36-45(35-43)40-26-30-46(31-27-40)57(54-37-42-18-7-8-19-48(42)50-20-9-10-21-51(50)54)47-32-28-41(29-33-47)49-23-13-24-53-52-22-11-12-25-55(52)58-56(49)53/h1-37H. The molecular weight excluding hydrogens is 719 g/mol. The van der Waals surface area contributed by atoms with Crippen LogP contribution in [0, 0.1) is 0 Å². The van der Waals surface area contributed by atoms with Crippen molar-refractivity contribution in [3.8, 4) is 44.5 Å². The predicted molar refractivity (Wildman–Crippen MR) is 251 cm³/mol. The number of nitrogens with zero attached hydrogens (tertiary/aromatic N) is 1. The second kappa shape index (κ2) is 14.4. The molecular formula is C56H37NS. The first-order valence-corrected chi connectivity index (χ1v) is 20.6. The van der Waals surface area contributed by atoms with Crippen molar-refractivity contribution in [3.05, 3.63) is 224 Å². The van der Waals surface area contributed by atoms with Crippen molar-refractivity contribution >= 4 is 70.1 Å². The molecule has 0 aliphatic heterocycles. The Bertz CT molecular complexity index is 3200. The van der Waals surface area contributed by atoms with Crippen LogP contribution in [-0.2, 0) is 0 Å². The summed E-state index contributed by atoms with van der Waals surface area (Å²) in [4.78, 5) is 2.43. The summed E-state index contributed by atoms with van der Waals surface area (Å²) in [5.74, 6) is 0. The Morgan fingerprint density at radius 1 is 0.293 bits per heavy atom. The second-order valence-electron chi connectivity index (χ2n) is 14.9. The molecule has 0 fully saturated rings. The van der Waals surface area contributed by atoms with Crippen LogP contribution in [0.15, 0.2) is 224 Å². The largest absolute Gasteiger partial charge is 0.310 e. The maximum Gasteiger partial charge on any atom is 0.0546 e. The van der Waals surface area contributed by atoms with Crippen molar-refractivity contribution in [1.82, 2.24) is 0 Å². The second-order valence-corrected chi connectivity index (χ2v) is 16.0. The van der Waals surface area contributed by atoms with Gasteiger partial charge < -0.3 is 4.90 Å². The zero-order valence-corrected chi connectivity index (χ0v) is 32.5. The molecule has 11 aromatic rings.